The van der Waals surface area contributed by atoms with Crippen LogP contribution in [-0.2, 0) is 16.2 Å². The molecule has 1 aliphatic heterocycles. The van der Waals surface area contributed by atoms with E-state index >= 15 is 0 Å². The van der Waals surface area contributed by atoms with Crippen LogP contribution >= 0.6 is 0 Å². The average molecular weight is 471 g/mol. The van der Waals surface area contributed by atoms with Crippen molar-refractivity contribution in [2.75, 3.05) is 27.2 Å². The summed E-state index contributed by atoms with van der Waals surface area (Å²) in [4.78, 5) is 29.7. The standard InChI is InChI=1S/C29H30N2O4/c1-20-12-14-22(15-13-20)27(32)25-26(31(17-16-30(2)3)29(34)28(25)33)23-10-7-11-24(18-23)35-19-21-8-5-4-6-9-21/h4-15,18,26,32H,16-17,19H2,1-3H3/b27-25+. The fraction of sp³-hybridized carbons (Fsp3) is 0.241. The third kappa shape index (κ3) is 5.44. The number of rotatable bonds is 8. The summed E-state index contributed by atoms with van der Waals surface area (Å²) in [5, 5.41) is 11.2. The van der Waals surface area contributed by atoms with Gasteiger partial charge in [0.1, 0.15) is 18.1 Å². The Balaban J connectivity index is 1.73. The van der Waals surface area contributed by atoms with Crippen molar-refractivity contribution < 1.29 is 19.4 Å². The molecule has 0 aliphatic carbocycles. The van der Waals surface area contributed by atoms with Crippen molar-refractivity contribution >= 4 is 17.4 Å². The molecular weight excluding hydrogens is 440 g/mol. The molecule has 0 bridgehead atoms. The van der Waals surface area contributed by atoms with Crippen LogP contribution in [0.3, 0.4) is 0 Å². The van der Waals surface area contributed by atoms with Crippen molar-refractivity contribution in [1.29, 1.82) is 0 Å². The lowest BCUT2D eigenvalue weighted by Crippen LogP contribution is -2.35. The van der Waals surface area contributed by atoms with Crippen LogP contribution in [0.25, 0.3) is 5.76 Å². The van der Waals surface area contributed by atoms with Gasteiger partial charge in [-0.1, -0.05) is 72.3 Å². The number of carbonyl (C=O) groups is 2. The van der Waals surface area contributed by atoms with Crippen molar-refractivity contribution in [1.82, 2.24) is 9.80 Å². The number of amides is 1. The molecule has 1 saturated heterocycles. The molecule has 180 valence electrons. The van der Waals surface area contributed by atoms with Gasteiger partial charge in [-0.2, -0.15) is 0 Å². The number of aryl methyl sites for hydroxylation is 1. The lowest BCUT2D eigenvalue weighted by atomic mass is 9.95. The molecule has 1 fully saturated rings. The van der Waals surface area contributed by atoms with Crippen LogP contribution in [0.4, 0.5) is 0 Å². The number of ketones is 1. The molecule has 1 atom stereocenters. The van der Waals surface area contributed by atoms with Crippen molar-refractivity contribution in [2.24, 2.45) is 0 Å². The Labute approximate surface area is 206 Å². The van der Waals surface area contributed by atoms with E-state index < -0.39 is 17.7 Å². The minimum Gasteiger partial charge on any atom is -0.507 e. The van der Waals surface area contributed by atoms with Gasteiger partial charge in [0.2, 0.25) is 0 Å². The van der Waals surface area contributed by atoms with Crippen molar-refractivity contribution in [3.8, 4) is 5.75 Å². The summed E-state index contributed by atoms with van der Waals surface area (Å²) in [5.74, 6) is -0.834. The maximum Gasteiger partial charge on any atom is 0.295 e. The molecule has 3 aromatic rings. The number of likely N-dealkylation sites (tertiary alicyclic amines) is 1. The number of benzene rings is 3. The van der Waals surface area contributed by atoms with Crippen LogP contribution in [0.5, 0.6) is 5.75 Å². The Morgan fingerprint density at radius 1 is 0.971 bits per heavy atom. The lowest BCUT2D eigenvalue weighted by molar-refractivity contribution is -0.140. The zero-order valence-corrected chi connectivity index (χ0v) is 20.3. The highest BCUT2D eigenvalue weighted by atomic mass is 16.5. The minimum atomic E-state index is -0.712. The van der Waals surface area contributed by atoms with Gasteiger partial charge in [0.15, 0.2) is 0 Å². The molecule has 4 rings (SSSR count). The fourth-order valence-corrected chi connectivity index (χ4v) is 4.15. The SMILES string of the molecule is Cc1ccc(/C(O)=C2\C(=O)C(=O)N(CCN(C)C)C2c2cccc(OCc3ccccc3)c2)cc1. The van der Waals surface area contributed by atoms with E-state index in [1.807, 2.05) is 92.6 Å². The Morgan fingerprint density at radius 2 is 1.69 bits per heavy atom. The van der Waals surface area contributed by atoms with E-state index in [9.17, 15) is 14.7 Å². The van der Waals surface area contributed by atoms with E-state index in [1.165, 1.54) is 0 Å². The van der Waals surface area contributed by atoms with E-state index in [0.29, 0.717) is 36.6 Å². The number of hydrogen-bond donors (Lipinski definition) is 1. The van der Waals surface area contributed by atoms with Gasteiger partial charge in [-0.15, -0.1) is 0 Å². The van der Waals surface area contributed by atoms with Crippen LogP contribution in [0, 0.1) is 6.92 Å². The molecule has 3 aromatic carbocycles. The highest BCUT2D eigenvalue weighted by Gasteiger charge is 2.46. The van der Waals surface area contributed by atoms with Crippen molar-refractivity contribution in [3.63, 3.8) is 0 Å². The van der Waals surface area contributed by atoms with E-state index in [4.69, 9.17) is 4.74 Å². The Bertz CT molecular complexity index is 1230. The molecular formula is C29H30N2O4. The molecule has 35 heavy (non-hydrogen) atoms. The summed E-state index contributed by atoms with van der Waals surface area (Å²) < 4.78 is 6.00. The molecule has 1 unspecified atom stereocenters. The Morgan fingerprint density at radius 3 is 2.37 bits per heavy atom. The highest BCUT2D eigenvalue weighted by molar-refractivity contribution is 6.46. The number of nitrogens with zero attached hydrogens (tertiary/aromatic N) is 2. The first-order valence-corrected chi connectivity index (χ1v) is 11.6. The molecule has 1 heterocycles. The monoisotopic (exact) mass is 470 g/mol. The van der Waals surface area contributed by atoms with Crippen molar-refractivity contribution in [3.05, 3.63) is 107 Å². The second-order valence-electron chi connectivity index (χ2n) is 9.01. The third-order valence-corrected chi connectivity index (χ3v) is 6.08. The van der Waals surface area contributed by atoms with Gasteiger partial charge in [-0.25, -0.2) is 0 Å². The molecule has 0 saturated carbocycles. The molecule has 1 amide bonds. The number of Topliss-reactive ketones (excluding diaryl/α,β-unsaturated/α-hetero) is 1. The average Bonchev–Trinajstić information content (AvgIpc) is 3.12. The van der Waals surface area contributed by atoms with E-state index in [1.54, 1.807) is 17.0 Å². The number of likely N-dealkylation sites (N-methyl/N-ethyl adjacent to an activating group) is 1. The van der Waals surface area contributed by atoms with Crippen LogP contribution in [0.1, 0.15) is 28.3 Å². The summed E-state index contributed by atoms with van der Waals surface area (Å²) in [6.45, 7) is 3.28. The van der Waals surface area contributed by atoms with Crippen LogP contribution in [0.15, 0.2) is 84.4 Å². The third-order valence-electron chi connectivity index (χ3n) is 6.08. The lowest BCUT2D eigenvalue weighted by Gasteiger charge is -2.27. The molecule has 6 heteroatoms. The van der Waals surface area contributed by atoms with Gasteiger partial charge in [0.25, 0.3) is 11.7 Å². The molecule has 1 N–H and O–H groups in total. The second-order valence-corrected chi connectivity index (χ2v) is 9.01. The van der Waals surface area contributed by atoms with Gasteiger partial charge >= 0.3 is 0 Å². The maximum atomic E-state index is 13.2. The van der Waals surface area contributed by atoms with E-state index in [2.05, 4.69) is 0 Å². The summed E-state index contributed by atoms with van der Waals surface area (Å²) in [7, 11) is 3.83. The fourth-order valence-electron chi connectivity index (χ4n) is 4.15. The Kier molecular flexibility index (Phi) is 7.32. The van der Waals surface area contributed by atoms with E-state index in [0.717, 1.165) is 11.1 Å². The number of aliphatic hydroxyl groups excluding tert-OH is 1. The zero-order chi connectivity index (χ0) is 24.9. The topological polar surface area (TPSA) is 70.1 Å². The van der Waals surface area contributed by atoms with Gasteiger partial charge in [-0.3, -0.25) is 9.59 Å². The smallest absolute Gasteiger partial charge is 0.295 e. The number of hydrogen-bond acceptors (Lipinski definition) is 5. The van der Waals surface area contributed by atoms with Gasteiger partial charge in [-0.05, 0) is 44.3 Å². The normalized spacial score (nSPS) is 17.3. The molecule has 0 radical (unpaired) electrons. The first-order valence-electron chi connectivity index (χ1n) is 11.6. The quantitative estimate of drug-likeness (QED) is 0.297. The van der Waals surface area contributed by atoms with Gasteiger partial charge in [0.05, 0.1) is 11.6 Å². The highest BCUT2D eigenvalue weighted by Crippen LogP contribution is 2.40. The predicted octanol–water partition coefficient (Wildman–Crippen LogP) is 4.56. The largest absolute Gasteiger partial charge is 0.507 e. The zero-order valence-electron chi connectivity index (χ0n) is 20.3. The molecule has 6 nitrogen and oxygen atoms in total. The van der Waals surface area contributed by atoms with Gasteiger partial charge < -0.3 is 19.6 Å². The summed E-state index contributed by atoms with van der Waals surface area (Å²) in [6.07, 6.45) is 0. The van der Waals surface area contributed by atoms with Crippen LogP contribution in [0.2, 0.25) is 0 Å². The van der Waals surface area contributed by atoms with Gasteiger partial charge in [0, 0.05) is 18.7 Å². The van der Waals surface area contributed by atoms with E-state index in [-0.39, 0.29) is 11.3 Å². The minimum absolute atomic E-state index is 0.0952. The summed E-state index contributed by atoms with van der Waals surface area (Å²) in [5.41, 5.74) is 3.38. The number of aliphatic hydroxyl groups is 1. The molecule has 1 aliphatic rings. The first kappa shape index (κ1) is 24.2. The molecule has 0 spiro atoms. The van der Waals surface area contributed by atoms with Crippen molar-refractivity contribution in [2.45, 2.75) is 19.6 Å². The molecule has 0 aromatic heterocycles. The summed E-state index contributed by atoms with van der Waals surface area (Å²) >= 11 is 0. The number of ether oxygens (including phenoxy) is 1. The summed E-state index contributed by atoms with van der Waals surface area (Å²) in [6, 6.07) is 23.8. The predicted molar refractivity (Wildman–Crippen MR) is 136 cm³/mol. The second kappa shape index (κ2) is 10.6. The Hall–Kier alpha value is -3.90. The van der Waals surface area contributed by atoms with Crippen LogP contribution < -0.4 is 4.74 Å². The number of carbonyl (C=O) groups excluding carboxylic acids is 2. The van der Waals surface area contributed by atoms with Crippen LogP contribution in [-0.4, -0.2) is 53.8 Å². The first-order chi connectivity index (χ1) is 16.8. The maximum absolute atomic E-state index is 13.2.